The summed E-state index contributed by atoms with van der Waals surface area (Å²) in [7, 11) is 0. The minimum atomic E-state index is 0.882. The van der Waals surface area contributed by atoms with E-state index in [2.05, 4.69) is 175 Å². The first-order chi connectivity index (χ1) is 25.8. The Kier molecular flexibility index (Phi) is 6.63. The van der Waals surface area contributed by atoms with Crippen molar-refractivity contribution >= 4 is 102 Å². The lowest BCUT2D eigenvalue weighted by Gasteiger charge is -2.27. The number of rotatable bonds is 5. The quantitative estimate of drug-likeness (QED) is 0.178. The SMILES string of the molecule is c1ccc(-c2cccc(-c3ccc(N(c4cccc5c4sc4c5ccc5sc6ccccc6c54)c4cccc5oc6ccccc6c45)cc3)c2)cc1. The Morgan fingerprint density at radius 1 is 0.365 bits per heavy atom. The van der Waals surface area contributed by atoms with Crippen LogP contribution in [0.3, 0.4) is 0 Å². The van der Waals surface area contributed by atoms with Gasteiger partial charge in [0.15, 0.2) is 0 Å². The van der Waals surface area contributed by atoms with E-state index < -0.39 is 0 Å². The van der Waals surface area contributed by atoms with Crippen molar-refractivity contribution in [3.8, 4) is 22.3 Å². The molecule has 0 aliphatic rings. The van der Waals surface area contributed by atoms with Crippen molar-refractivity contribution in [2.24, 2.45) is 0 Å². The highest BCUT2D eigenvalue weighted by atomic mass is 32.1. The molecular weight excluding hydrogens is 671 g/mol. The molecule has 0 saturated carbocycles. The second-order valence-corrected chi connectivity index (χ2v) is 15.4. The van der Waals surface area contributed by atoms with Crippen molar-refractivity contribution in [1.29, 1.82) is 0 Å². The topological polar surface area (TPSA) is 16.4 Å². The van der Waals surface area contributed by atoms with Crippen LogP contribution in [0.2, 0.25) is 0 Å². The number of anilines is 3. The van der Waals surface area contributed by atoms with Crippen molar-refractivity contribution < 1.29 is 4.42 Å². The van der Waals surface area contributed by atoms with Crippen molar-refractivity contribution in [3.63, 3.8) is 0 Å². The van der Waals surface area contributed by atoms with E-state index in [1.165, 1.54) is 62.6 Å². The van der Waals surface area contributed by atoms with E-state index in [-0.39, 0.29) is 0 Å². The van der Waals surface area contributed by atoms with Gasteiger partial charge in [-0.1, -0.05) is 121 Å². The van der Waals surface area contributed by atoms with Crippen LogP contribution in [0.15, 0.2) is 180 Å². The van der Waals surface area contributed by atoms with Crippen molar-refractivity contribution in [2.75, 3.05) is 4.90 Å². The van der Waals surface area contributed by atoms with E-state index in [1.54, 1.807) is 0 Å². The van der Waals surface area contributed by atoms with E-state index in [9.17, 15) is 0 Å². The van der Waals surface area contributed by atoms with Crippen molar-refractivity contribution in [3.05, 3.63) is 176 Å². The van der Waals surface area contributed by atoms with Gasteiger partial charge in [-0.2, -0.15) is 0 Å². The van der Waals surface area contributed by atoms with Crippen LogP contribution in [0.1, 0.15) is 0 Å². The third-order valence-electron chi connectivity index (χ3n) is 10.3. The Morgan fingerprint density at radius 2 is 1.00 bits per heavy atom. The van der Waals surface area contributed by atoms with Crippen LogP contribution < -0.4 is 4.90 Å². The Labute approximate surface area is 308 Å². The molecule has 2 nitrogen and oxygen atoms in total. The third kappa shape index (κ3) is 4.55. The Bertz CT molecular complexity index is 3130. The largest absolute Gasteiger partial charge is 0.456 e. The van der Waals surface area contributed by atoms with Gasteiger partial charge in [0.2, 0.25) is 0 Å². The molecule has 0 aliphatic heterocycles. The summed E-state index contributed by atoms with van der Waals surface area (Å²) >= 11 is 3.79. The molecule has 0 spiro atoms. The summed E-state index contributed by atoms with van der Waals surface area (Å²) in [5, 5.41) is 7.50. The highest BCUT2D eigenvalue weighted by molar-refractivity contribution is 7.30. The lowest BCUT2D eigenvalue weighted by Crippen LogP contribution is -2.10. The maximum Gasteiger partial charge on any atom is 0.137 e. The number of hydrogen-bond acceptors (Lipinski definition) is 4. The molecule has 3 heterocycles. The molecule has 244 valence electrons. The molecule has 8 aromatic carbocycles. The van der Waals surface area contributed by atoms with Crippen LogP contribution in [0, 0.1) is 0 Å². The zero-order chi connectivity index (χ0) is 34.2. The van der Waals surface area contributed by atoms with E-state index in [0.717, 1.165) is 39.0 Å². The molecule has 0 unspecified atom stereocenters. The van der Waals surface area contributed by atoms with Crippen molar-refractivity contribution in [1.82, 2.24) is 0 Å². The maximum atomic E-state index is 6.43. The molecule has 11 aromatic rings. The summed E-state index contributed by atoms with van der Waals surface area (Å²) in [6, 6.07) is 63.5. The van der Waals surface area contributed by atoms with Gasteiger partial charge in [-0.3, -0.25) is 0 Å². The fourth-order valence-corrected chi connectivity index (χ4v) is 10.4. The minimum Gasteiger partial charge on any atom is -0.456 e. The second-order valence-electron chi connectivity index (χ2n) is 13.2. The highest BCUT2D eigenvalue weighted by Gasteiger charge is 2.23. The summed E-state index contributed by atoms with van der Waals surface area (Å²) in [6.07, 6.45) is 0. The van der Waals surface area contributed by atoms with Gasteiger partial charge in [0.25, 0.3) is 0 Å². The van der Waals surface area contributed by atoms with Crippen LogP contribution >= 0.6 is 22.7 Å². The van der Waals surface area contributed by atoms with Crippen LogP contribution in [0.4, 0.5) is 17.1 Å². The molecule has 52 heavy (non-hydrogen) atoms. The van der Waals surface area contributed by atoms with E-state index in [1.807, 2.05) is 28.7 Å². The van der Waals surface area contributed by atoms with Gasteiger partial charge in [0, 0.05) is 46.7 Å². The Hall–Kier alpha value is -6.20. The first-order valence-corrected chi connectivity index (χ1v) is 19.1. The lowest BCUT2D eigenvalue weighted by molar-refractivity contribution is 0.669. The Balaban J connectivity index is 1.14. The van der Waals surface area contributed by atoms with Crippen LogP contribution in [0.5, 0.6) is 0 Å². The zero-order valence-electron chi connectivity index (χ0n) is 27.9. The van der Waals surface area contributed by atoms with Gasteiger partial charge < -0.3 is 9.32 Å². The van der Waals surface area contributed by atoms with E-state index >= 15 is 0 Å². The number of furan rings is 1. The van der Waals surface area contributed by atoms with Gasteiger partial charge >= 0.3 is 0 Å². The predicted molar refractivity (Wildman–Crippen MR) is 225 cm³/mol. The predicted octanol–water partition coefficient (Wildman–Crippen LogP) is 15.1. The smallest absolute Gasteiger partial charge is 0.137 e. The molecule has 0 aliphatic carbocycles. The number of para-hydroxylation sites is 1. The highest BCUT2D eigenvalue weighted by Crippen LogP contribution is 2.50. The van der Waals surface area contributed by atoms with Gasteiger partial charge in [0.05, 0.1) is 21.5 Å². The van der Waals surface area contributed by atoms with Gasteiger partial charge in [-0.25, -0.2) is 0 Å². The van der Waals surface area contributed by atoms with Gasteiger partial charge in [-0.05, 0) is 76.9 Å². The first kappa shape index (κ1) is 29.5. The minimum absolute atomic E-state index is 0.882. The second kappa shape index (κ2) is 11.7. The molecule has 0 N–H and O–H groups in total. The molecule has 0 saturated heterocycles. The molecule has 11 rings (SSSR count). The fraction of sp³-hybridized carbons (Fsp3) is 0. The van der Waals surface area contributed by atoms with Crippen LogP contribution in [-0.4, -0.2) is 0 Å². The number of benzene rings is 8. The molecular formula is C48H29NOS2. The molecule has 3 aromatic heterocycles. The van der Waals surface area contributed by atoms with Gasteiger partial charge in [0.1, 0.15) is 11.2 Å². The van der Waals surface area contributed by atoms with Crippen LogP contribution in [0.25, 0.3) is 84.5 Å². The molecule has 4 heteroatoms. The summed E-state index contributed by atoms with van der Waals surface area (Å²) in [4.78, 5) is 2.44. The standard InChI is InChI=1S/C48H29NOS2/c1-2-11-30(12-3-1)32-13-8-14-33(29-32)31-23-25-34(26-24-31)49(39-18-10-21-42-45(39)37-15-4-6-20-41(37)50-42)40-19-9-17-35-36-27-28-44-46(48(36)52-47(35)40)38-16-5-7-22-43(38)51-44/h1-29H. The fourth-order valence-electron chi connectivity index (χ4n) is 7.89. The average molecular weight is 700 g/mol. The number of nitrogens with zero attached hydrogens (tertiary/aromatic N) is 1. The number of thiophene rings is 2. The summed E-state index contributed by atoms with van der Waals surface area (Å²) in [5.74, 6) is 0. The summed E-state index contributed by atoms with van der Waals surface area (Å²) in [6.45, 7) is 0. The first-order valence-electron chi connectivity index (χ1n) is 17.5. The molecule has 0 amide bonds. The normalized spacial score (nSPS) is 11.8. The average Bonchev–Trinajstić information content (AvgIpc) is 3.90. The molecule has 0 radical (unpaired) electrons. The van der Waals surface area contributed by atoms with Crippen molar-refractivity contribution in [2.45, 2.75) is 0 Å². The number of fused-ring (bicyclic) bond motifs is 10. The lowest BCUT2D eigenvalue weighted by atomic mass is 9.98. The zero-order valence-corrected chi connectivity index (χ0v) is 29.5. The van der Waals surface area contributed by atoms with Crippen LogP contribution in [-0.2, 0) is 0 Å². The monoisotopic (exact) mass is 699 g/mol. The number of hydrogen-bond donors (Lipinski definition) is 0. The summed E-state index contributed by atoms with van der Waals surface area (Å²) in [5.41, 5.74) is 9.93. The van der Waals surface area contributed by atoms with E-state index in [0.29, 0.717) is 0 Å². The summed E-state index contributed by atoms with van der Waals surface area (Å²) < 4.78 is 11.7. The van der Waals surface area contributed by atoms with Gasteiger partial charge in [-0.15, -0.1) is 22.7 Å². The Morgan fingerprint density at radius 3 is 1.87 bits per heavy atom. The molecule has 0 fully saturated rings. The maximum absolute atomic E-state index is 6.43. The third-order valence-corrected chi connectivity index (χ3v) is 12.7. The molecule has 0 atom stereocenters. The molecule has 0 bridgehead atoms. The van der Waals surface area contributed by atoms with E-state index in [4.69, 9.17) is 4.42 Å².